The highest BCUT2D eigenvalue weighted by atomic mass is 16.5. The molecule has 0 radical (unpaired) electrons. The molecule has 1 fully saturated rings. The van der Waals surface area contributed by atoms with E-state index < -0.39 is 5.41 Å². The number of amides is 1. The summed E-state index contributed by atoms with van der Waals surface area (Å²) in [5.41, 5.74) is 0.490. The summed E-state index contributed by atoms with van der Waals surface area (Å²) >= 11 is 0. The van der Waals surface area contributed by atoms with Gasteiger partial charge in [0.15, 0.2) is 0 Å². The molecular weight excluding hydrogens is 316 g/mol. The fraction of sp³-hybridized carbons (Fsp3) is 0.600. The Hall–Kier alpha value is -1.88. The maximum atomic E-state index is 12.9. The number of unbranched alkanes of at least 4 members (excludes halogenated alkanes) is 1. The number of hydrogen-bond donors (Lipinski definition) is 0. The van der Waals surface area contributed by atoms with Gasteiger partial charge in [-0.1, -0.05) is 43.7 Å². The van der Waals surface area contributed by atoms with E-state index in [0.29, 0.717) is 39.3 Å². The summed E-state index contributed by atoms with van der Waals surface area (Å²) in [6.45, 7) is 9.55. The monoisotopic (exact) mass is 346 g/mol. The standard InChI is InChI=1S/C20H30N2O3/c1-4-5-15-25-18(23)16-21-11-13-22(14-12-21)19(24)20(2,3)17-9-7-6-8-10-17/h6-10H,4-5,11-16H2,1-3H3. The number of carbonyl (C=O) groups is 2. The van der Waals surface area contributed by atoms with E-state index in [1.807, 2.05) is 49.1 Å². The predicted octanol–water partition coefficient (Wildman–Crippen LogP) is 2.45. The highest BCUT2D eigenvalue weighted by Crippen LogP contribution is 2.26. The first-order chi connectivity index (χ1) is 11.9. The predicted molar refractivity (Wildman–Crippen MR) is 98.4 cm³/mol. The number of ether oxygens (including phenoxy) is 1. The Morgan fingerprint density at radius 1 is 1.08 bits per heavy atom. The van der Waals surface area contributed by atoms with E-state index in [1.54, 1.807) is 0 Å². The second kappa shape index (κ2) is 8.99. The van der Waals surface area contributed by atoms with E-state index in [2.05, 4.69) is 11.8 Å². The van der Waals surface area contributed by atoms with Crippen LogP contribution in [-0.2, 0) is 19.7 Å². The molecule has 0 atom stereocenters. The Morgan fingerprint density at radius 3 is 2.32 bits per heavy atom. The van der Waals surface area contributed by atoms with Crippen molar-refractivity contribution in [2.45, 2.75) is 39.0 Å². The minimum absolute atomic E-state index is 0.142. The van der Waals surface area contributed by atoms with E-state index in [1.165, 1.54) is 0 Å². The van der Waals surface area contributed by atoms with Crippen molar-refractivity contribution in [2.24, 2.45) is 0 Å². The summed E-state index contributed by atoms with van der Waals surface area (Å²) in [5.74, 6) is -0.0262. The summed E-state index contributed by atoms with van der Waals surface area (Å²) < 4.78 is 5.21. The van der Waals surface area contributed by atoms with Gasteiger partial charge < -0.3 is 9.64 Å². The van der Waals surface area contributed by atoms with Gasteiger partial charge in [-0.25, -0.2) is 0 Å². The fourth-order valence-electron chi connectivity index (χ4n) is 3.04. The summed E-state index contributed by atoms with van der Waals surface area (Å²) in [5, 5.41) is 0. The van der Waals surface area contributed by atoms with Crippen LogP contribution in [-0.4, -0.2) is 61.0 Å². The van der Waals surface area contributed by atoms with E-state index in [9.17, 15) is 9.59 Å². The average Bonchev–Trinajstić information content (AvgIpc) is 2.62. The number of rotatable bonds is 7. The first-order valence-corrected chi connectivity index (χ1v) is 9.18. The molecule has 25 heavy (non-hydrogen) atoms. The summed E-state index contributed by atoms with van der Waals surface area (Å²) in [7, 11) is 0. The zero-order valence-corrected chi connectivity index (χ0v) is 15.7. The lowest BCUT2D eigenvalue weighted by Crippen LogP contribution is -2.54. The normalized spacial score (nSPS) is 15.9. The molecule has 1 aliphatic heterocycles. The van der Waals surface area contributed by atoms with Crippen molar-refractivity contribution in [1.29, 1.82) is 0 Å². The van der Waals surface area contributed by atoms with Gasteiger partial charge in [-0.2, -0.15) is 0 Å². The van der Waals surface area contributed by atoms with Crippen LogP contribution in [0.25, 0.3) is 0 Å². The lowest BCUT2D eigenvalue weighted by atomic mass is 9.83. The molecule has 5 heteroatoms. The molecule has 0 aromatic heterocycles. The van der Waals surface area contributed by atoms with Crippen molar-refractivity contribution in [3.63, 3.8) is 0 Å². The van der Waals surface area contributed by atoms with Crippen LogP contribution in [0.5, 0.6) is 0 Å². The first-order valence-electron chi connectivity index (χ1n) is 9.18. The van der Waals surface area contributed by atoms with Gasteiger partial charge in [-0.15, -0.1) is 0 Å². The van der Waals surface area contributed by atoms with Gasteiger partial charge >= 0.3 is 5.97 Å². The zero-order valence-electron chi connectivity index (χ0n) is 15.7. The third-order valence-corrected chi connectivity index (χ3v) is 4.80. The first kappa shape index (κ1) is 19.4. The van der Waals surface area contributed by atoms with Gasteiger partial charge in [0, 0.05) is 26.2 Å². The van der Waals surface area contributed by atoms with Crippen molar-refractivity contribution in [2.75, 3.05) is 39.3 Å². The molecule has 0 unspecified atom stereocenters. The van der Waals surface area contributed by atoms with E-state index in [0.717, 1.165) is 18.4 Å². The lowest BCUT2D eigenvalue weighted by Gasteiger charge is -2.38. The maximum absolute atomic E-state index is 12.9. The highest BCUT2D eigenvalue weighted by molar-refractivity contribution is 5.87. The molecule has 0 saturated carbocycles. The molecule has 0 bridgehead atoms. The van der Waals surface area contributed by atoms with Crippen LogP contribution < -0.4 is 0 Å². The van der Waals surface area contributed by atoms with Crippen molar-refractivity contribution >= 4 is 11.9 Å². The lowest BCUT2D eigenvalue weighted by molar-refractivity contribution is -0.146. The number of piperazine rings is 1. The molecule has 1 aromatic carbocycles. The average molecular weight is 346 g/mol. The van der Waals surface area contributed by atoms with Crippen molar-refractivity contribution in [3.05, 3.63) is 35.9 Å². The Balaban J connectivity index is 1.83. The molecule has 0 spiro atoms. The Morgan fingerprint density at radius 2 is 1.72 bits per heavy atom. The van der Waals surface area contributed by atoms with Gasteiger partial charge in [0.1, 0.15) is 0 Å². The molecular formula is C20H30N2O3. The smallest absolute Gasteiger partial charge is 0.320 e. The minimum atomic E-state index is -0.539. The fourth-order valence-corrected chi connectivity index (χ4v) is 3.04. The number of esters is 1. The SMILES string of the molecule is CCCCOC(=O)CN1CCN(C(=O)C(C)(C)c2ccccc2)CC1. The molecule has 1 amide bonds. The van der Waals surface area contributed by atoms with Crippen LogP contribution >= 0.6 is 0 Å². The quantitative estimate of drug-likeness (QED) is 0.562. The number of nitrogens with zero attached hydrogens (tertiary/aromatic N) is 2. The summed E-state index contributed by atoms with van der Waals surface area (Å²) in [6.07, 6.45) is 1.92. The Bertz CT molecular complexity index is 564. The number of benzene rings is 1. The second-order valence-corrected chi connectivity index (χ2v) is 7.13. The Labute approximate surface area is 150 Å². The summed E-state index contributed by atoms with van der Waals surface area (Å²) in [6, 6.07) is 9.89. The highest BCUT2D eigenvalue weighted by Gasteiger charge is 2.35. The van der Waals surface area contributed by atoms with Gasteiger partial charge in [0.25, 0.3) is 0 Å². The van der Waals surface area contributed by atoms with E-state index in [-0.39, 0.29) is 11.9 Å². The van der Waals surface area contributed by atoms with Gasteiger partial charge in [-0.05, 0) is 25.8 Å². The van der Waals surface area contributed by atoms with Crippen LogP contribution in [0.1, 0.15) is 39.2 Å². The summed E-state index contributed by atoms with van der Waals surface area (Å²) in [4.78, 5) is 28.7. The molecule has 1 aromatic rings. The Kier molecular flexibility index (Phi) is 7.00. The van der Waals surface area contributed by atoms with Gasteiger partial charge in [0.2, 0.25) is 5.91 Å². The largest absolute Gasteiger partial charge is 0.465 e. The second-order valence-electron chi connectivity index (χ2n) is 7.13. The number of hydrogen-bond acceptors (Lipinski definition) is 4. The van der Waals surface area contributed by atoms with Crippen molar-refractivity contribution in [1.82, 2.24) is 9.80 Å². The molecule has 5 nitrogen and oxygen atoms in total. The number of carbonyl (C=O) groups excluding carboxylic acids is 2. The van der Waals surface area contributed by atoms with Crippen LogP contribution in [0.4, 0.5) is 0 Å². The van der Waals surface area contributed by atoms with Crippen LogP contribution in [0.2, 0.25) is 0 Å². The van der Waals surface area contributed by atoms with E-state index in [4.69, 9.17) is 4.74 Å². The maximum Gasteiger partial charge on any atom is 0.320 e. The van der Waals surface area contributed by atoms with Crippen LogP contribution in [0.15, 0.2) is 30.3 Å². The molecule has 1 heterocycles. The third kappa shape index (κ3) is 5.30. The van der Waals surface area contributed by atoms with E-state index >= 15 is 0 Å². The van der Waals surface area contributed by atoms with Crippen LogP contribution in [0, 0.1) is 0 Å². The zero-order chi connectivity index (χ0) is 18.3. The van der Waals surface area contributed by atoms with Gasteiger partial charge in [0.05, 0.1) is 18.6 Å². The van der Waals surface area contributed by atoms with Crippen molar-refractivity contribution in [3.8, 4) is 0 Å². The molecule has 2 rings (SSSR count). The third-order valence-electron chi connectivity index (χ3n) is 4.80. The van der Waals surface area contributed by atoms with Crippen LogP contribution in [0.3, 0.4) is 0 Å². The molecule has 1 aliphatic rings. The molecule has 138 valence electrons. The van der Waals surface area contributed by atoms with Gasteiger partial charge in [-0.3, -0.25) is 14.5 Å². The molecule has 0 N–H and O–H groups in total. The molecule has 1 saturated heterocycles. The minimum Gasteiger partial charge on any atom is -0.465 e. The topological polar surface area (TPSA) is 49.9 Å². The van der Waals surface area contributed by atoms with Crippen molar-refractivity contribution < 1.29 is 14.3 Å². The molecule has 0 aliphatic carbocycles.